The molecule has 1 aromatic carbocycles. The molecule has 5 nitrogen and oxygen atoms in total. The number of nitrogens with one attached hydrogen (secondary N) is 1. The van der Waals surface area contributed by atoms with E-state index in [4.69, 9.17) is 28.4 Å². The molecule has 0 spiro atoms. The van der Waals surface area contributed by atoms with Crippen molar-refractivity contribution in [2.45, 2.75) is 0 Å². The summed E-state index contributed by atoms with van der Waals surface area (Å²) in [6.07, 6.45) is 1.39. The van der Waals surface area contributed by atoms with Gasteiger partial charge in [-0.2, -0.15) is 0 Å². The second-order valence-corrected chi connectivity index (χ2v) is 4.30. The Bertz CT molecular complexity index is 608. The van der Waals surface area contributed by atoms with E-state index in [2.05, 4.69) is 10.5 Å². The number of amides is 1. The number of rotatable bonds is 1. The van der Waals surface area contributed by atoms with E-state index >= 15 is 0 Å². The van der Waals surface area contributed by atoms with E-state index < -0.39 is 17.4 Å². The number of carbonyl (C=O) groups excluding carboxylic acids is 2. The molecule has 1 saturated heterocycles. The second kappa shape index (κ2) is 4.80. The number of oxime groups is 1. The summed E-state index contributed by atoms with van der Waals surface area (Å²) < 4.78 is 0. The van der Waals surface area contributed by atoms with E-state index in [-0.39, 0.29) is 5.70 Å². The molecule has 1 aliphatic heterocycles. The summed E-state index contributed by atoms with van der Waals surface area (Å²) in [6, 6.07) is 4.71. The van der Waals surface area contributed by atoms with Gasteiger partial charge in [0.15, 0.2) is 0 Å². The molecule has 2 N–H and O–H groups in total. The predicted octanol–water partition coefficient (Wildman–Crippen LogP) is 1.86. The fourth-order valence-corrected chi connectivity index (χ4v) is 1.90. The molecule has 0 bridgehead atoms. The Morgan fingerprint density at radius 3 is 2.56 bits per heavy atom. The van der Waals surface area contributed by atoms with Crippen molar-refractivity contribution in [1.29, 1.82) is 0 Å². The van der Waals surface area contributed by atoms with Crippen LogP contribution in [0.25, 0.3) is 6.08 Å². The van der Waals surface area contributed by atoms with Gasteiger partial charge in [-0.25, -0.2) is 0 Å². The minimum Gasteiger partial charge on any atom is -0.410 e. The van der Waals surface area contributed by atoms with Crippen molar-refractivity contribution in [2.75, 3.05) is 0 Å². The largest absolute Gasteiger partial charge is 0.410 e. The summed E-state index contributed by atoms with van der Waals surface area (Å²) in [7, 11) is 0. The normalized spacial score (nSPS) is 19.7. The van der Waals surface area contributed by atoms with Crippen molar-refractivity contribution >= 4 is 46.7 Å². The third-order valence-corrected chi connectivity index (χ3v) is 2.85. The number of halogens is 2. The van der Waals surface area contributed by atoms with Crippen LogP contribution < -0.4 is 5.32 Å². The zero-order valence-electron chi connectivity index (χ0n) is 8.78. The van der Waals surface area contributed by atoms with Crippen LogP contribution in [0.1, 0.15) is 5.56 Å². The van der Waals surface area contributed by atoms with Crippen molar-refractivity contribution in [3.05, 3.63) is 39.5 Å². The molecule has 92 valence electrons. The standard InChI is InChI=1S/C11H6Cl2N2O3/c12-6-2-1-5(7(13)4-6)3-8-10(16)9(15-18)11(17)14-8/h1-4,18H,(H,14,17). The van der Waals surface area contributed by atoms with E-state index in [1.807, 2.05) is 0 Å². The highest BCUT2D eigenvalue weighted by Gasteiger charge is 2.33. The van der Waals surface area contributed by atoms with Gasteiger partial charge in [0, 0.05) is 10.0 Å². The van der Waals surface area contributed by atoms with Crippen molar-refractivity contribution in [3.63, 3.8) is 0 Å². The lowest BCUT2D eigenvalue weighted by molar-refractivity contribution is -0.113. The smallest absolute Gasteiger partial charge is 0.281 e. The van der Waals surface area contributed by atoms with Gasteiger partial charge in [0.05, 0.1) is 5.70 Å². The molecule has 0 saturated carbocycles. The van der Waals surface area contributed by atoms with Crippen LogP contribution in [0.15, 0.2) is 29.1 Å². The Hall–Kier alpha value is -1.85. The minimum absolute atomic E-state index is 0.00276. The fourth-order valence-electron chi connectivity index (χ4n) is 1.44. The van der Waals surface area contributed by atoms with Crippen molar-refractivity contribution in [1.82, 2.24) is 5.32 Å². The topological polar surface area (TPSA) is 78.8 Å². The lowest BCUT2D eigenvalue weighted by Crippen LogP contribution is -2.19. The molecular weight excluding hydrogens is 279 g/mol. The second-order valence-electron chi connectivity index (χ2n) is 3.46. The van der Waals surface area contributed by atoms with Gasteiger partial charge in [-0.15, -0.1) is 0 Å². The van der Waals surface area contributed by atoms with Gasteiger partial charge in [0.2, 0.25) is 11.5 Å². The van der Waals surface area contributed by atoms with Gasteiger partial charge in [-0.3, -0.25) is 9.59 Å². The Kier molecular flexibility index (Phi) is 3.36. The zero-order chi connectivity index (χ0) is 13.3. The highest BCUT2D eigenvalue weighted by molar-refractivity contribution is 6.72. The lowest BCUT2D eigenvalue weighted by Gasteiger charge is -2.00. The molecule has 0 atom stereocenters. The molecule has 0 aliphatic carbocycles. The maximum absolute atomic E-state index is 11.6. The van der Waals surface area contributed by atoms with E-state index in [1.54, 1.807) is 12.1 Å². The summed E-state index contributed by atoms with van der Waals surface area (Å²) in [4.78, 5) is 22.9. The Balaban J connectivity index is 2.41. The maximum Gasteiger partial charge on any atom is 0.281 e. The molecule has 1 aliphatic rings. The van der Waals surface area contributed by atoms with Crippen molar-refractivity contribution in [2.24, 2.45) is 5.16 Å². The van der Waals surface area contributed by atoms with Crippen LogP contribution in [0, 0.1) is 0 Å². The average Bonchev–Trinajstić information content (AvgIpc) is 2.58. The monoisotopic (exact) mass is 284 g/mol. The van der Waals surface area contributed by atoms with Gasteiger partial charge < -0.3 is 10.5 Å². The molecule has 2 rings (SSSR count). The number of benzene rings is 1. The zero-order valence-corrected chi connectivity index (χ0v) is 10.3. The summed E-state index contributed by atoms with van der Waals surface area (Å²) >= 11 is 11.7. The number of allylic oxidation sites excluding steroid dienone is 1. The molecule has 0 radical (unpaired) electrons. The molecule has 0 aromatic heterocycles. The number of nitrogens with zero attached hydrogens (tertiary/aromatic N) is 1. The average molecular weight is 285 g/mol. The maximum atomic E-state index is 11.6. The van der Waals surface area contributed by atoms with Crippen LogP contribution in [0.5, 0.6) is 0 Å². The molecule has 1 fully saturated rings. The van der Waals surface area contributed by atoms with Crippen molar-refractivity contribution < 1.29 is 14.8 Å². The van der Waals surface area contributed by atoms with E-state index in [1.165, 1.54) is 12.1 Å². The number of Topliss-reactive ketones (excluding diaryl/α,β-unsaturated/α-hetero) is 1. The van der Waals surface area contributed by atoms with Crippen LogP contribution in [0.3, 0.4) is 0 Å². The number of ketones is 1. The third kappa shape index (κ3) is 2.23. The fraction of sp³-hybridized carbons (Fsp3) is 0. The molecule has 1 amide bonds. The predicted molar refractivity (Wildman–Crippen MR) is 66.8 cm³/mol. The van der Waals surface area contributed by atoms with E-state index in [0.717, 1.165) is 0 Å². The number of carbonyl (C=O) groups is 2. The van der Waals surface area contributed by atoms with Crippen LogP contribution in [0.2, 0.25) is 10.0 Å². The first kappa shape index (κ1) is 12.6. The summed E-state index contributed by atoms with van der Waals surface area (Å²) in [5.74, 6) is -1.44. The van der Waals surface area contributed by atoms with Gasteiger partial charge >= 0.3 is 0 Å². The summed E-state index contributed by atoms with van der Waals surface area (Å²) in [6.45, 7) is 0. The first-order valence-electron chi connectivity index (χ1n) is 4.78. The van der Waals surface area contributed by atoms with Gasteiger partial charge in [0.25, 0.3) is 5.91 Å². The van der Waals surface area contributed by atoms with Gasteiger partial charge in [-0.05, 0) is 23.8 Å². The number of hydrogen-bond acceptors (Lipinski definition) is 4. The number of hydrogen-bond donors (Lipinski definition) is 2. The Morgan fingerprint density at radius 1 is 1.28 bits per heavy atom. The Morgan fingerprint density at radius 2 is 2.00 bits per heavy atom. The molecule has 7 heteroatoms. The first-order chi connectivity index (χ1) is 8.52. The first-order valence-corrected chi connectivity index (χ1v) is 5.53. The van der Waals surface area contributed by atoms with Crippen LogP contribution in [0.4, 0.5) is 0 Å². The van der Waals surface area contributed by atoms with Crippen molar-refractivity contribution in [3.8, 4) is 0 Å². The van der Waals surface area contributed by atoms with Gasteiger partial charge in [-0.1, -0.05) is 34.4 Å². The van der Waals surface area contributed by atoms with E-state index in [9.17, 15) is 9.59 Å². The summed E-state index contributed by atoms with van der Waals surface area (Å²) in [5, 5.41) is 14.2. The van der Waals surface area contributed by atoms with Crippen LogP contribution >= 0.6 is 23.2 Å². The Labute approximate surface area is 112 Å². The molecule has 1 heterocycles. The SMILES string of the molecule is O=C1NC(=Cc2ccc(Cl)cc2Cl)C(=O)C1=NO. The summed E-state index contributed by atoms with van der Waals surface area (Å²) in [5.41, 5.74) is -0.0349. The molecular formula is C11H6Cl2N2O3. The molecule has 1 aromatic rings. The van der Waals surface area contributed by atoms with Gasteiger partial charge in [0.1, 0.15) is 0 Å². The lowest BCUT2D eigenvalue weighted by atomic mass is 10.1. The quantitative estimate of drug-likeness (QED) is 0.469. The minimum atomic E-state index is -0.751. The molecule has 0 unspecified atom stereocenters. The molecule has 18 heavy (non-hydrogen) atoms. The van der Waals surface area contributed by atoms with Crippen LogP contribution in [-0.2, 0) is 9.59 Å². The van der Waals surface area contributed by atoms with Crippen LogP contribution in [-0.4, -0.2) is 22.6 Å². The highest BCUT2D eigenvalue weighted by atomic mass is 35.5. The highest BCUT2D eigenvalue weighted by Crippen LogP contribution is 2.23. The third-order valence-electron chi connectivity index (χ3n) is 2.29. The van der Waals surface area contributed by atoms with E-state index in [0.29, 0.717) is 15.6 Å².